The van der Waals surface area contributed by atoms with Gasteiger partial charge < -0.3 is 14.4 Å². The van der Waals surface area contributed by atoms with Crippen molar-refractivity contribution < 1.29 is 14.3 Å². The molecule has 0 atom stereocenters. The third-order valence-electron chi connectivity index (χ3n) is 5.03. The number of hydrogen-bond donors (Lipinski definition) is 0. The fourth-order valence-electron chi connectivity index (χ4n) is 3.63. The molecular formula is C19H25ClN6O3. The number of halogens is 1. The minimum atomic E-state index is -0.501. The first-order valence-corrected chi connectivity index (χ1v) is 10.2. The van der Waals surface area contributed by atoms with Gasteiger partial charge in [0.1, 0.15) is 11.3 Å². The number of hydrogen-bond acceptors (Lipinski definition) is 7. The smallest absolute Gasteiger partial charge is 0.410 e. The summed E-state index contributed by atoms with van der Waals surface area (Å²) in [6, 6.07) is 0.0844. The fourth-order valence-corrected chi connectivity index (χ4v) is 3.80. The molecule has 0 bridgehead atoms. The maximum absolute atomic E-state index is 12.3. The number of amides is 1. The lowest BCUT2D eigenvalue weighted by atomic mass is 10.0. The predicted molar refractivity (Wildman–Crippen MR) is 108 cm³/mol. The van der Waals surface area contributed by atoms with Gasteiger partial charge >= 0.3 is 6.09 Å². The van der Waals surface area contributed by atoms with Crippen molar-refractivity contribution in [1.29, 1.82) is 0 Å². The highest BCUT2D eigenvalue weighted by Crippen LogP contribution is 2.30. The molecule has 1 fully saturated rings. The maximum atomic E-state index is 12.3. The van der Waals surface area contributed by atoms with Crippen LogP contribution < -0.4 is 0 Å². The molecule has 4 rings (SSSR count). The summed E-state index contributed by atoms with van der Waals surface area (Å²) < 4.78 is 12.7. The zero-order valence-electron chi connectivity index (χ0n) is 16.9. The number of aromatic nitrogens is 5. The van der Waals surface area contributed by atoms with Gasteiger partial charge in [-0.25, -0.2) is 14.5 Å². The summed E-state index contributed by atoms with van der Waals surface area (Å²) in [5.74, 6) is 0. The number of ether oxygens (including phenoxy) is 2. The van der Waals surface area contributed by atoms with Gasteiger partial charge in [0, 0.05) is 13.1 Å². The van der Waals surface area contributed by atoms with Crippen LogP contribution in [0.3, 0.4) is 0 Å². The molecule has 0 radical (unpaired) electrons. The number of fused-ring (bicyclic) bond motifs is 1. The number of nitrogens with zero attached hydrogens (tertiary/aromatic N) is 6. The predicted octanol–water partition coefficient (Wildman–Crippen LogP) is 3.25. The van der Waals surface area contributed by atoms with Crippen molar-refractivity contribution in [2.45, 2.75) is 51.7 Å². The van der Waals surface area contributed by atoms with Crippen LogP contribution in [0.2, 0.25) is 5.28 Å². The van der Waals surface area contributed by atoms with Crippen LogP contribution in [0.4, 0.5) is 4.79 Å². The van der Waals surface area contributed by atoms with E-state index in [1.165, 1.54) is 0 Å². The first-order chi connectivity index (χ1) is 13.8. The van der Waals surface area contributed by atoms with Gasteiger partial charge in [-0.3, -0.25) is 0 Å². The lowest BCUT2D eigenvalue weighted by Gasteiger charge is -2.33. The SMILES string of the molecule is CC(C)(C)OC(=O)N1CCC(n2nnc3c(C4=CCOCC4)nc(Cl)nc32)CC1. The maximum Gasteiger partial charge on any atom is 0.410 e. The minimum absolute atomic E-state index is 0.0844. The summed E-state index contributed by atoms with van der Waals surface area (Å²) in [5, 5.41) is 8.89. The molecule has 156 valence electrons. The molecule has 2 aromatic rings. The van der Waals surface area contributed by atoms with E-state index in [-0.39, 0.29) is 17.4 Å². The molecule has 1 amide bonds. The second-order valence-corrected chi connectivity index (χ2v) is 8.64. The number of carbonyl (C=O) groups is 1. The third-order valence-corrected chi connectivity index (χ3v) is 5.19. The Balaban J connectivity index is 1.54. The van der Waals surface area contributed by atoms with E-state index < -0.39 is 5.60 Å². The second-order valence-electron chi connectivity index (χ2n) is 8.30. The molecular weight excluding hydrogens is 396 g/mol. The lowest BCUT2D eigenvalue weighted by molar-refractivity contribution is 0.0185. The molecule has 10 heteroatoms. The molecule has 2 aromatic heterocycles. The molecule has 0 unspecified atom stereocenters. The van der Waals surface area contributed by atoms with E-state index in [1.54, 1.807) is 4.90 Å². The Morgan fingerprint density at radius 1 is 1.28 bits per heavy atom. The van der Waals surface area contributed by atoms with Gasteiger partial charge in [-0.05, 0) is 57.2 Å². The molecule has 0 aliphatic carbocycles. The quantitative estimate of drug-likeness (QED) is 0.688. The zero-order valence-corrected chi connectivity index (χ0v) is 17.6. The second kappa shape index (κ2) is 7.87. The molecule has 29 heavy (non-hydrogen) atoms. The first kappa shape index (κ1) is 20.0. The first-order valence-electron chi connectivity index (χ1n) is 9.85. The minimum Gasteiger partial charge on any atom is -0.444 e. The summed E-state index contributed by atoms with van der Waals surface area (Å²) in [4.78, 5) is 22.8. The Morgan fingerprint density at radius 3 is 2.69 bits per heavy atom. The van der Waals surface area contributed by atoms with E-state index in [4.69, 9.17) is 21.1 Å². The van der Waals surface area contributed by atoms with Crippen molar-refractivity contribution in [3.8, 4) is 0 Å². The molecule has 0 N–H and O–H groups in total. The molecule has 0 saturated carbocycles. The molecule has 0 spiro atoms. The van der Waals surface area contributed by atoms with Gasteiger partial charge in [0.25, 0.3) is 0 Å². The van der Waals surface area contributed by atoms with E-state index in [9.17, 15) is 4.79 Å². The van der Waals surface area contributed by atoms with E-state index >= 15 is 0 Å². The number of rotatable bonds is 2. The fraction of sp³-hybridized carbons (Fsp3) is 0.632. The highest BCUT2D eigenvalue weighted by molar-refractivity contribution is 6.28. The highest BCUT2D eigenvalue weighted by atomic mass is 35.5. The monoisotopic (exact) mass is 420 g/mol. The average Bonchev–Trinajstić information content (AvgIpc) is 3.10. The van der Waals surface area contributed by atoms with E-state index in [1.807, 2.05) is 31.5 Å². The molecule has 1 saturated heterocycles. The molecule has 9 nitrogen and oxygen atoms in total. The van der Waals surface area contributed by atoms with Crippen molar-refractivity contribution in [3.63, 3.8) is 0 Å². The largest absolute Gasteiger partial charge is 0.444 e. The Bertz CT molecular complexity index is 943. The Labute approximate surface area is 174 Å². The van der Waals surface area contributed by atoms with Gasteiger partial charge in [-0.1, -0.05) is 11.3 Å². The van der Waals surface area contributed by atoms with E-state index in [2.05, 4.69) is 20.3 Å². The number of carbonyl (C=O) groups excluding carboxylic acids is 1. The van der Waals surface area contributed by atoms with Crippen molar-refractivity contribution in [2.24, 2.45) is 0 Å². The van der Waals surface area contributed by atoms with Crippen molar-refractivity contribution in [2.75, 3.05) is 26.3 Å². The summed E-state index contributed by atoms with van der Waals surface area (Å²) in [5.41, 5.74) is 2.55. The van der Waals surface area contributed by atoms with Crippen molar-refractivity contribution >= 4 is 34.4 Å². The van der Waals surface area contributed by atoms with Crippen LogP contribution in [-0.4, -0.2) is 67.9 Å². The van der Waals surface area contributed by atoms with Crippen LogP contribution in [-0.2, 0) is 9.47 Å². The summed E-state index contributed by atoms with van der Waals surface area (Å²) in [7, 11) is 0. The Morgan fingerprint density at radius 2 is 2.03 bits per heavy atom. The zero-order chi connectivity index (χ0) is 20.6. The number of likely N-dealkylation sites (tertiary alicyclic amines) is 1. The average molecular weight is 421 g/mol. The van der Waals surface area contributed by atoms with Crippen LogP contribution in [0.15, 0.2) is 6.08 Å². The molecule has 2 aliphatic rings. The van der Waals surface area contributed by atoms with Gasteiger partial charge in [0.15, 0.2) is 11.2 Å². The van der Waals surface area contributed by atoms with Gasteiger partial charge in [0.2, 0.25) is 5.28 Å². The van der Waals surface area contributed by atoms with E-state index in [0.717, 1.165) is 30.5 Å². The topological polar surface area (TPSA) is 95.3 Å². The van der Waals surface area contributed by atoms with Crippen LogP contribution in [0.1, 0.15) is 51.8 Å². The molecule has 4 heterocycles. The van der Waals surface area contributed by atoms with Crippen molar-refractivity contribution in [1.82, 2.24) is 29.9 Å². The van der Waals surface area contributed by atoms with Crippen LogP contribution in [0.25, 0.3) is 16.7 Å². The third kappa shape index (κ3) is 4.35. The van der Waals surface area contributed by atoms with Crippen LogP contribution in [0.5, 0.6) is 0 Å². The lowest BCUT2D eigenvalue weighted by Crippen LogP contribution is -2.42. The molecule has 2 aliphatic heterocycles. The van der Waals surface area contributed by atoms with Gasteiger partial charge in [-0.2, -0.15) is 4.98 Å². The summed E-state index contributed by atoms with van der Waals surface area (Å²) in [6.07, 6.45) is 3.96. The van der Waals surface area contributed by atoms with Gasteiger partial charge in [-0.15, -0.1) is 5.10 Å². The Hall–Kier alpha value is -2.26. The Kier molecular flexibility index (Phi) is 5.44. The standard InChI is InChI=1S/C19H25ClN6O3/c1-19(2,3)29-18(27)25-8-4-13(5-9-25)26-16-15(23-24-26)14(21-17(20)22-16)12-6-10-28-11-7-12/h6,13H,4-5,7-11H2,1-3H3. The number of piperidine rings is 1. The van der Waals surface area contributed by atoms with Crippen molar-refractivity contribution in [3.05, 3.63) is 17.1 Å². The molecule has 0 aromatic carbocycles. The normalized spacial score (nSPS) is 18.8. The van der Waals surface area contributed by atoms with Crippen LogP contribution >= 0.6 is 11.6 Å². The van der Waals surface area contributed by atoms with Crippen LogP contribution in [0, 0.1) is 0 Å². The summed E-state index contributed by atoms with van der Waals surface area (Å²) >= 11 is 6.22. The van der Waals surface area contributed by atoms with E-state index in [0.29, 0.717) is 37.5 Å². The van der Waals surface area contributed by atoms with Gasteiger partial charge in [0.05, 0.1) is 19.3 Å². The highest BCUT2D eigenvalue weighted by Gasteiger charge is 2.30. The summed E-state index contributed by atoms with van der Waals surface area (Å²) in [6.45, 7) is 7.99.